The first-order valence-corrected chi connectivity index (χ1v) is 8.37. The van der Waals surface area contributed by atoms with Crippen LogP contribution in [0.15, 0.2) is 64.8 Å². The normalized spacial score (nSPS) is 18.6. The van der Waals surface area contributed by atoms with Crippen LogP contribution in [0.25, 0.3) is 0 Å². The van der Waals surface area contributed by atoms with Gasteiger partial charge in [-0.3, -0.25) is 14.9 Å². The van der Waals surface area contributed by atoms with Gasteiger partial charge in [0, 0.05) is 12.1 Å². The number of benzene rings is 2. The van der Waals surface area contributed by atoms with Crippen molar-refractivity contribution in [2.24, 2.45) is 10.2 Å². The topological polar surface area (TPSA) is 97.0 Å². The number of non-ortho nitro benzene ring substituents is 1. The molecular formula is C17H14N4O3S. The summed E-state index contributed by atoms with van der Waals surface area (Å²) < 4.78 is 0. The Labute approximate surface area is 148 Å². The van der Waals surface area contributed by atoms with Crippen molar-refractivity contribution in [2.45, 2.75) is 11.7 Å². The van der Waals surface area contributed by atoms with E-state index in [4.69, 9.17) is 0 Å². The van der Waals surface area contributed by atoms with Crippen LogP contribution in [0.1, 0.15) is 11.1 Å². The van der Waals surface area contributed by atoms with Gasteiger partial charge in [-0.15, -0.1) is 5.10 Å². The van der Waals surface area contributed by atoms with Gasteiger partial charge < -0.3 is 5.32 Å². The lowest BCUT2D eigenvalue weighted by molar-refractivity contribution is -0.384. The number of rotatable bonds is 5. The fourth-order valence-corrected chi connectivity index (χ4v) is 3.25. The SMILES string of the molecule is O=C1N/C(=N/N=C\c2ccccc2)S[C@@H]1Cc1cccc([N+](=O)[O-])c1. The van der Waals surface area contributed by atoms with E-state index >= 15 is 0 Å². The van der Waals surface area contributed by atoms with E-state index in [2.05, 4.69) is 15.5 Å². The molecule has 1 amide bonds. The summed E-state index contributed by atoms with van der Waals surface area (Å²) in [4.78, 5) is 22.4. The highest BCUT2D eigenvalue weighted by Gasteiger charge is 2.30. The van der Waals surface area contributed by atoms with Crippen molar-refractivity contribution >= 4 is 34.7 Å². The molecule has 1 fully saturated rings. The third-order valence-corrected chi connectivity index (χ3v) is 4.55. The summed E-state index contributed by atoms with van der Waals surface area (Å²) in [6.45, 7) is 0. The van der Waals surface area contributed by atoms with Crippen LogP contribution in [0.4, 0.5) is 5.69 Å². The minimum absolute atomic E-state index is 0.0160. The number of carbonyl (C=O) groups excluding carboxylic acids is 1. The second-order valence-electron chi connectivity index (χ2n) is 5.29. The van der Waals surface area contributed by atoms with Crippen molar-refractivity contribution in [1.29, 1.82) is 0 Å². The molecule has 1 atom stereocenters. The lowest BCUT2D eigenvalue weighted by Crippen LogP contribution is -2.25. The van der Waals surface area contributed by atoms with Crippen LogP contribution < -0.4 is 5.32 Å². The van der Waals surface area contributed by atoms with E-state index in [1.807, 2.05) is 30.3 Å². The van der Waals surface area contributed by atoms with Crippen LogP contribution in [0, 0.1) is 10.1 Å². The summed E-state index contributed by atoms with van der Waals surface area (Å²) in [5.41, 5.74) is 1.66. The van der Waals surface area contributed by atoms with Crippen molar-refractivity contribution in [3.8, 4) is 0 Å². The predicted molar refractivity (Wildman–Crippen MR) is 97.8 cm³/mol. The molecule has 1 N–H and O–H groups in total. The second kappa shape index (κ2) is 7.71. The van der Waals surface area contributed by atoms with Gasteiger partial charge in [0.15, 0.2) is 5.17 Å². The zero-order valence-electron chi connectivity index (χ0n) is 13.0. The molecule has 0 bridgehead atoms. The zero-order chi connectivity index (χ0) is 17.6. The van der Waals surface area contributed by atoms with E-state index in [-0.39, 0.29) is 16.8 Å². The molecular weight excluding hydrogens is 340 g/mol. The number of nitrogens with zero attached hydrogens (tertiary/aromatic N) is 3. The molecule has 25 heavy (non-hydrogen) atoms. The Hall–Kier alpha value is -3.00. The van der Waals surface area contributed by atoms with Crippen LogP contribution in [-0.4, -0.2) is 27.5 Å². The average molecular weight is 354 g/mol. The first kappa shape index (κ1) is 16.8. The fraction of sp³-hybridized carbons (Fsp3) is 0.118. The summed E-state index contributed by atoms with van der Waals surface area (Å²) in [5.74, 6) is -0.176. The molecule has 2 aromatic rings. The van der Waals surface area contributed by atoms with Crippen LogP contribution in [0.5, 0.6) is 0 Å². The number of hydrogen-bond acceptors (Lipinski definition) is 6. The summed E-state index contributed by atoms with van der Waals surface area (Å²) in [5, 5.41) is 21.5. The highest BCUT2D eigenvalue weighted by atomic mass is 32.2. The minimum Gasteiger partial charge on any atom is -0.303 e. The Morgan fingerprint density at radius 1 is 1.20 bits per heavy atom. The van der Waals surface area contributed by atoms with Gasteiger partial charge in [-0.05, 0) is 17.5 Å². The monoisotopic (exact) mass is 354 g/mol. The molecule has 1 aliphatic rings. The lowest BCUT2D eigenvalue weighted by Gasteiger charge is -2.04. The highest BCUT2D eigenvalue weighted by Crippen LogP contribution is 2.24. The van der Waals surface area contributed by atoms with Crippen molar-refractivity contribution in [1.82, 2.24) is 5.32 Å². The molecule has 1 aliphatic heterocycles. The summed E-state index contributed by atoms with van der Waals surface area (Å²) >= 11 is 1.27. The molecule has 1 heterocycles. The molecule has 0 unspecified atom stereocenters. The molecule has 0 radical (unpaired) electrons. The van der Waals surface area contributed by atoms with E-state index in [0.29, 0.717) is 11.6 Å². The molecule has 7 nitrogen and oxygen atoms in total. The smallest absolute Gasteiger partial charge is 0.269 e. The largest absolute Gasteiger partial charge is 0.303 e. The van der Waals surface area contributed by atoms with Crippen molar-refractivity contribution in [3.63, 3.8) is 0 Å². The second-order valence-corrected chi connectivity index (χ2v) is 6.48. The molecule has 0 aliphatic carbocycles. The van der Waals surface area contributed by atoms with Crippen molar-refractivity contribution < 1.29 is 9.72 Å². The summed E-state index contributed by atoms with van der Waals surface area (Å²) in [6.07, 6.45) is 1.99. The molecule has 8 heteroatoms. The molecule has 0 spiro atoms. The number of nitro groups is 1. The van der Waals surface area contributed by atoms with Gasteiger partial charge in [0.25, 0.3) is 5.69 Å². The zero-order valence-corrected chi connectivity index (χ0v) is 13.8. The van der Waals surface area contributed by atoms with Gasteiger partial charge in [-0.1, -0.05) is 54.2 Å². The van der Waals surface area contributed by atoms with Gasteiger partial charge in [-0.2, -0.15) is 5.10 Å². The average Bonchev–Trinajstić information content (AvgIpc) is 2.95. The maximum Gasteiger partial charge on any atom is 0.269 e. The Morgan fingerprint density at radius 3 is 2.76 bits per heavy atom. The Kier molecular flexibility index (Phi) is 5.20. The Morgan fingerprint density at radius 2 is 2.00 bits per heavy atom. The molecule has 3 rings (SSSR count). The standard InChI is InChI=1S/C17H14N4O3S/c22-16-15(10-13-7-4-8-14(9-13)21(23)24)25-17(19-16)20-18-11-12-5-2-1-3-6-12/h1-9,11,15H,10H2,(H,19,20,22)/b18-11-/t15-/m1/s1. The van der Waals surface area contributed by atoms with Crippen LogP contribution in [-0.2, 0) is 11.2 Å². The molecule has 2 aromatic carbocycles. The van der Waals surface area contributed by atoms with E-state index in [0.717, 1.165) is 11.1 Å². The lowest BCUT2D eigenvalue weighted by atomic mass is 10.1. The van der Waals surface area contributed by atoms with Crippen LogP contribution in [0.3, 0.4) is 0 Å². The first-order valence-electron chi connectivity index (χ1n) is 7.49. The van der Waals surface area contributed by atoms with E-state index < -0.39 is 4.92 Å². The Bertz CT molecular complexity index is 852. The van der Waals surface area contributed by atoms with Gasteiger partial charge >= 0.3 is 0 Å². The van der Waals surface area contributed by atoms with Gasteiger partial charge in [-0.25, -0.2) is 0 Å². The highest BCUT2D eigenvalue weighted by molar-refractivity contribution is 8.15. The quantitative estimate of drug-likeness (QED) is 0.507. The van der Waals surface area contributed by atoms with Gasteiger partial charge in [0.05, 0.1) is 16.4 Å². The summed E-state index contributed by atoms with van der Waals surface area (Å²) in [6, 6.07) is 15.8. The molecule has 0 saturated carbocycles. The third kappa shape index (κ3) is 4.51. The number of thioether (sulfide) groups is 1. The molecule has 1 saturated heterocycles. The number of hydrogen-bond donors (Lipinski definition) is 1. The minimum atomic E-state index is -0.448. The van der Waals surface area contributed by atoms with E-state index in [9.17, 15) is 14.9 Å². The first-order chi connectivity index (χ1) is 12.1. The number of amides is 1. The maximum absolute atomic E-state index is 12.0. The number of nitro benzene ring substituents is 1. The van der Waals surface area contributed by atoms with Gasteiger partial charge in [0.2, 0.25) is 5.91 Å². The summed E-state index contributed by atoms with van der Waals surface area (Å²) in [7, 11) is 0. The number of amidine groups is 1. The van der Waals surface area contributed by atoms with Crippen LogP contribution >= 0.6 is 11.8 Å². The van der Waals surface area contributed by atoms with Crippen molar-refractivity contribution in [3.05, 3.63) is 75.8 Å². The third-order valence-electron chi connectivity index (χ3n) is 3.47. The maximum atomic E-state index is 12.0. The van der Waals surface area contributed by atoms with E-state index in [1.54, 1.807) is 18.3 Å². The predicted octanol–water partition coefficient (Wildman–Crippen LogP) is 2.76. The fourth-order valence-electron chi connectivity index (χ4n) is 2.28. The molecule has 126 valence electrons. The number of nitrogens with one attached hydrogen (secondary N) is 1. The van der Waals surface area contributed by atoms with Gasteiger partial charge in [0.1, 0.15) is 0 Å². The van der Waals surface area contributed by atoms with Crippen LogP contribution in [0.2, 0.25) is 0 Å². The Balaban J connectivity index is 1.64. The van der Waals surface area contributed by atoms with Crippen molar-refractivity contribution in [2.75, 3.05) is 0 Å². The van der Waals surface area contributed by atoms with E-state index in [1.165, 1.54) is 23.9 Å². The molecule has 0 aromatic heterocycles. The number of carbonyl (C=O) groups is 1.